The highest BCUT2D eigenvalue weighted by molar-refractivity contribution is 5.93. The van der Waals surface area contributed by atoms with Crippen molar-refractivity contribution in [2.75, 3.05) is 18.4 Å². The molecule has 1 aliphatic heterocycles. The van der Waals surface area contributed by atoms with Gasteiger partial charge < -0.3 is 9.72 Å². The molecule has 1 N–H and O–H groups in total. The third-order valence-corrected chi connectivity index (χ3v) is 5.78. The van der Waals surface area contributed by atoms with Gasteiger partial charge in [-0.2, -0.15) is 5.10 Å². The number of fused-ring (bicyclic) bond motifs is 2. The van der Waals surface area contributed by atoms with Crippen LogP contribution in [0.15, 0.2) is 36.8 Å². The standard InChI is InChI=1S/C22H22F2N6O/c1-12(2)29-9-16(10-29)22(31)26-19-11-30-8-14(6-18(24)21(30)25-19)13-4-15-7-28(3)27-20(15)17(23)5-13/h4-8,11-12,16H,9-10H2,1-3H3,(H,26,31). The summed E-state index contributed by atoms with van der Waals surface area (Å²) in [4.78, 5) is 18.9. The van der Waals surface area contributed by atoms with Crippen molar-refractivity contribution in [1.82, 2.24) is 24.1 Å². The number of carbonyl (C=O) groups excluding carboxylic acids is 1. The lowest BCUT2D eigenvalue weighted by molar-refractivity contribution is -0.125. The van der Waals surface area contributed by atoms with Crippen LogP contribution in [0.3, 0.4) is 0 Å². The Kier molecular flexibility index (Phi) is 4.51. The predicted octanol–water partition coefficient (Wildman–Crippen LogP) is 3.44. The Morgan fingerprint density at radius 3 is 2.58 bits per heavy atom. The number of aromatic nitrogens is 4. The molecule has 1 aliphatic rings. The first-order valence-corrected chi connectivity index (χ1v) is 10.1. The number of anilines is 1. The number of imidazole rings is 1. The van der Waals surface area contributed by atoms with Crippen LogP contribution in [0.4, 0.5) is 14.6 Å². The smallest absolute Gasteiger partial charge is 0.231 e. The van der Waals surface area contributed by atoms with Crippen LogP contribution < -0.4 is 5.32 Å². The van der Waals surface area contributed by atoms with E-state index in [0.29, 0.717) is 35.6 Å². The highest BCUT2D eigenvalue weighted by Crippen LogP contribution is 2.28. The summed E-state index contributed by atoms with van der Waals surface area (Å²) in [5.74, 6) is -0.952. The van der Waals surface area contributed by atoms with E-state index in [0.717, 1.165) is 0 Å². The van der Waals surface area contributed by atoms with Gasteiger partial charge >= 0.3 is 0 Å². The number of halogens is 2. The minimum atomic E-state index is -0.556. The Hall–Kier alpha value is -3.33. The monoisotopic (exact) mass is 424 g/mol. The van der Waals surface area contributed by atoms with Gasteiger partial charge in [-0.1, -0.05) is 0 Å². The Bertz CT molecular complexity index is 1320. The maximum Gasteiger partial charge on any atom is 0.231 e. The minimum absolute atomic E-state index is 0.0956. The van der Waals surface area contributed by atoms with Crippen molar-refractivity contribution < 1.29 is 13.6 Å². The van der Waals surface area contributed by atoms with E-state index in [1.54, 1.807) is 31.7 Å². The third-order valence-electron chi connectivity index (χ3n) is 5.78. The first-order chi connectivity index (χ1) is 14.8. The van der Waals surface area contributed by atoms with E-state index >= 15 is 0 Å². The molecule has 5 rings (SSSR count). The van der Waals surface area contributed by atoms with Crippen LogP contribution in [-0.2, 0) is 11.8 Å². The molecular formula is C22H22F2N6O. The molecule has 1 amide bonds. The van der Waals surface area contributed by atoms with Gasteiger partial charge in [0.2, 0.25) is 5.91 Å². The fourth-order valence-electron chi connectivity index (χ4n) is 3.98. The van der Waals surface area contributed by atoms with Crippen molar-refractivity contribution in [3.05, 3.63) is 48.4 Å². The summed E-state index contributed by atoms with van der Waals surface area (Å²) < 4.78 is 32.3. The third kappa shape index (κ3) is 3.44. The SMILES string of the molecule is CC(C)N1CC(C(=O)Nc2cn3cc(-c4cc(F)c5nn(C)cc5c4)cc(F)c3n2)C1. The van der Waals surface area contributed by atoms with Crippen LogP contribution in [0.5, 0.6) is 0 Å². The molecule has 1 aromatic carbocycles. The lowest BCUT2D eigenvalue weighted by atomic mass is 9.97. The number of rotatable bonds is 4. The van der Waals surface area contributed by atoms with Crippen molar-refractivity contribution in [2.45, 2.75) is 19.9 Å². The lowest BCUT2D eigenvalue weighted by Gasteiger charge is -2.40. The number of hydrogen-bond donors (Lipinski definition) is 1. The van der Waals surface area contributed by atoms with E-state index in [9.17, 15) is 13.6 Å². The molecule has 4 heterocycles. The average molecular weight is 424 g/mol. The second kappa shape index (κ2) is 7.12. The van der Waals surface area contributed by atoms with Gasteiger partial charge in [0, 0.05) is 49.5 Å². The highest BCUT2D eigenvalue weighted by Gasteiger charge is 2.34. The molecule has 9 heteroatoms. The number of likely N-dealkylation sites (tertiary alicyclic amines) is 1. The predicted molar refractivity (Wildman–Crippen MR) is 114 cm³/mol. The second-order valence-electron chi connectivity index (χ2n) is 8.37. The first-order valence-electron chi connectivity index (χ1n) is 10.1. The van der Waals surface area contributed by atoms with Gasteiger partial charge in [-0.15, -0.1) is 0 Å². The molecule has 0 unspecified atom stereocenters. The number of aryl methyl sites for hydroxylation is 1. The van der Waals surface area contributed by atoms with Gasteiger partial charge in [0.05, 0.1) is 12.1 Å². The van der Waals surface area contributed by atoms with Gasteiger partial charge in [-0.05, 0) is 37.6 Å². The van der Waals surface area contributed by atoms with Crippen LogP contribution in [0.2, 0.25) is 0 Å². The maximum absolute atomic E-state index is 14.8. The zero-order valence-electron chi connectivity index (χ0n) is 17.4. The molecule has 1 saturated heterocycles. The van der Waals surface area contributed by atoms with E-state index in [1.807, 2.05) is 0 Å². The molecule has 31 heavy (non-hydrogen) atoms. The van der Waals surface area contributed by atoms with Crippen LogP contribution in [0.25, 0.3) is 27.7 Å². The van der Waals surface area contributed by atoms with Gasteiger partial charge in [0.15, 0.2) is 23.1 Å². The number of carbonyl (C=O) groups is 1. The molecule has 3 aromatic heterocycles. The number of benzene rings is 1. The molecule has 0 aliphatic carbocycles. The van der Waals surface area contributed by atoms with Crippen molar-refractivity contribution in [3.8, 4) is 11.1 Å². The summed E-state index contributed by atoms with van der Waals surface area (Å²) >= 11 is 0. The summed E-state index contributed by atoms with van der Waals surface area (Å²) in [6.07, 6.45) is 4.95. The van der Waals surface area contributed by atoms with Crippen molar-refractivity contribution in [2.24, 2.45) is 13.0 Å². The molecule has 160 valence electrons. The van der Waals surface area contributed by atoms with Gasteiger partial charge in [0.1, 0.15) is 5.52 Å². The summed E-state index contributed by atoms with van der Waals surface area (Å²) in [5, 5.41) is 7.51. The Balaban J connectivity index is 1.43. The van der Waals surface area contributed by atoms with Crippen molar-refractivity contribution >= 4 is 28.3 Å². The largest absolute Gasteiger partial charge is 0.309 e. The molecule has 0 spiro atoms. The number of hydrogen-bond acceptors (Lipinski definition) is 4. The zero-order valence-corrected chi connectivity index (χ0v) is 17.4. The van der Waals surface area contributed by atoms with E-state index in [2.05, 4.69) is 34.1 Å². The molecule has 0 atom stereocenters. The van der Waals surface area contributed by atoms with E-state index in [-0.39, 0.29) is 28.8 Å². The normalized spacial score (nSPS) is 15.2. The summed E-state index contributed by atoms with van der Waals surface area (Å²) in [6, 6.07) is 4.83. The molecule has 0 saturated carbocycles. The average Bonchev–Trinajstić information content (AvgIpc) is 3.22. The van der Waals surface area contributed by atoms with Gasteiger partial charge in [-0.25, -0.2) is 13.8 Å². The molecule has 4 aromatic rings. The quantitative estimate of drug-likeness (QED) is 0.545. The lowest BCUT2D eigenvalue weighted by Crippen LogP contribution is -2.54. The number of pyridine rings is 1. The second-order valence-corrected chi connectivity index (χ2v) is 8.37. The van der Waals surface area contributed by atoms with Crippen molar-refractivity contribution in [1.29, 1.82) is 0 Å². The van der Waals surface area contributed by atoms with E-state index in [4.69, 9.17) is 0 Å². The summed E-state index contributed by atoms with van der Waals surface area (Å²) in [7, 11) is 1.72. The van der Waals surface area contributed by atoms with E-state index in [1.165, 1.54) is 21.2 Å². The number of nitrogens with zero attached hydrogens (tertiary/aromatic N) is 5. The maximum atomic E-state index is 14.8. The molecular weight excluding hydrogens is 402 g/mol. The fourth-order valence-corrected chi connectivity index (χ4v) is 3.98. The molecule has 0 radical (unpaired) electrons. The van der Waals surface area contributed by atoms with Crippen LogP contribution >= 0.6 is 0 Å². The number of nitrogens with one attached hydrogen (secondary N) is 1. The Morgan fingerprint density at radius 2 is 1.84 bits per heavy atom. The summed E-state index contributed by atoms with van der Waals surface area (Å²) in [5.41, 5.74) is 1.39. The van der Waals surface area contributed by atoms with E-state index < -0.39 is 11.6 Å². The molecule has 0 bridgehead atoms. The first kappa shape index (κ1) is 19.6. The molecule has 1 fully saturated rings. The van der Waals surface area contributed by atoms with Crippen LogP contribution in [0, 0.1) is 17.6 Å². The highest BCUT2D eigenvalue weighted by atomic mass is 19.1. The minimum Gasteiger partial charge on any atom is -0.309 e. The Labute approximate surface area is 177 Å². The van der Waals surface area contributed by atoms with Crippen molar-refractivity contribution in [3.63, 3.8) is 0 Å². The summed E-state index contributed by atoms with van der Waals surface area (Å²) in [6.45, 7) is 5.60. The van der Waals surface area contributed by atoms with Crippen LogP contribution in [-0.4, -0.2) is 49.1 Å². The Morgan fingerprint density at radius 1 is 1.10 bits per heavy atom. The zero-order chi connectivity index (χ0) is 21.9. The fraction of sp³-hybridized carbons (Fsp3) is 0.318. The van der Waals surface area contributed by atoms with Gasteiger partial charge in [-0.3, -0.25) is 14.4 Å². The van der Waals surface area contributed by atoms with Gasteiger partial charge in [0.25, 0.3) is 0 Å². The van der Waals surface area contributed by atoms with Crippen LogP contribution in [0.1, 0.15) is 13.8 Å². The number of amides is 1. The topological polar surface area (TPSA) is 67.5 Å². The molecule has 7 nitrogen and oxygen atoms in total.